The summed E-state index contributed by atoms with van der Waals surface area (Å²) in [5, 5.41) is 3.64. The summed E-state index contributed by atoms with van der Waals surface area (Å²) in [6.07, 6.45) is 1.64. The van der Waals surface area contributed by atoms with Gasteiger partial charge in [0.25, 0.3) is 5.91 Å². The van der Waals surface area contributed by atoms with Crippen molar-refractivity contribution >= 4 is 32.5 Å². The van der Waals surface area contributed by atoms with Crippen LogP contribution >= 0.6 is 0 Å². The van der Waals surface area contributed by atoms with Crippen molar-refractivity contribution < 1.29 is 17.9 Å². The molecule has 0 bridgehead atoms. The highest BCUT2D eigenvalue weighted by atomic mass is 32.2. The van der Waals surface area contributed by atoms with Crippen LogP contribution in [-0.2, 0) is 14.8 Å². The standard InChI is InChI=1S/C20H21N3O4S/c1-14(13-27-2)23-28(25,26)17-10-8-16(9-11-17)22-20(24)18-7-3-5-15-6-4-12-21-19(15)18/h3-12,14,23H,13H2,1-2H3,(H,22,24). The topological polar surface area (TPSA) is 97.4 Å². The largest absolute Gasteiger partial charge is 0.383 e. The van der Waals surface area contributed by atoms with Gasteiger partial charge in [-0.2, -0.15) is 0 Å². The van der Waals surface area contributed by atoms with E-state index in [0.717, 1.165) is 5.39 Å². The molecule has 0 radical (unpaired) electrons. The number of anilines is 1. The summed E-state index contributed by atoms with van der Waals surface area (Å²) >= 11 is 0. The number of nitrogens with zero attached hydrogens (tertiary/aromatic N) is 1. The average molecular weight is 399 g/mol. The van der Waals surface area contributed by atoms with Gasteiger partial charge in [-0.25, -0.2) is 13.1 Å². The number of methoxy groups -OCH3 is 1. The quantitative estimate of drug-likeness (QED) is 0.637. The predicted octanol–water partition coefficient (Wildman–Crippen LogP) is 2.80. The van der Waals surface area contributed by atoms with Crippen LogP contribution in [0.3, 0.4) is 0 Å². The number of rotatable bonds is 7. The molecule has 0 aliphatic rings. The highest BCUT2D eigenvalue weighted by Crippen LogP contribution is 2.19. The van der Waals surface area contributed by atoms with E-state index >= 15 is 0 Å². The number of fused-ring (bicyclic) bond motifs is 1. The number of para-hydroxylation sites is 1. The van der Waals surface area contributed by atoms with Gasteiger partial charge in [-0.3, -0.25) is 9.78 Å². The molecule has 8 heteroatoms. The number of carbonyl (C=O) groups excluding carboxylic acids is 1. The molecule has 0 spiro atoms. The van der Waals surface area contributed by atoms with Crippen molar-refractivity contribution in [2.75, 3.05) is 19.0 Å². The smallest absolute Gasteiger partial charge is 0.257 e. The zero-order valence-corrected chi connectivity index (χ0v) is 16.4. The van der Waals surface area contributed by atoms with Gasteiger partial charge in [0.05, 0.1) is 22.6 Å². The molecular formula is C20H21N3O4S. The Bertz CT molecular complexity index is 1080. The average Bonchev–Trinajstić information content (AvgIpc) is 2.67. The van der Waals surface area contributed by atoms with Gasteiger partial charge in [0.1, 0.15) is 0 Å². The lowest BCUT2D eigenvalue weighted by Crippen LogP contribution is -2.35. The van der Waals surface area contributed by atoms with E-state index < -0.39 is 10.0 Å². The SMILES string of the molecule is COCC(C)NS(=O)(=O)c1ccc(NC(=O)c2cccc3cccnc23)cc1. The molecule has 3 aromatic rings. The third-order valence-corrected chi connectivity index (χ3v) is 5.68. The van der Waals surface area contributed by atoms with Gasteiger partial charge in [0.15, 0.2) is 0 Å². The molecule has 3 rings (SSSR count). The maximum Gasteiger partial charge on any atom is 0.257 e. The second kappa shape index (κ2) is 8.47. The number of benzene rings is 2. The van der Waals surface area contributed by atoms with Gasteiger partial charge in [-0.15, -0.1) is 0 Å². The molecule has 28 heavy (non-hydrogen) atoms. The molecule has 1 atom stereocenters. The van der Waals surface area contributed by atoms with Gasteiger partial charge >= 0.3 is 0 Å². The Kier molecular flexibility index (Phi) is 6.03. The fourth-order valence-corrected chi connectivity index (χ4v) is 4.05. The van der Waals surface area contributed by atoms with Gasteiger partial charge in [0, 0.05) is 30.4 Å². The molecule has 2 aromatic carbocycles. The van der Waals surface area contributed by atoms with Gasteiger partial charge < -0.3 is 10.1 Å². The van der Waals surface area contributed by atoms with Crippen LogP contribution in [0.15, 0.2) is 65.7 Å². The second-order valence-corrected chi connectivity index (χ2v) is 8.05. The minimum absolute atomic E-state index is 0.111. The Morgan fingerprint density at radius 1 is 1.11 bits per heavy atom. The van der Waals surface area contributed by atoms with Crippen molar-refractivity contribution in [2.45, 2.75) is 17.9 Å². The molecule has 0 saturated heterocycles. The van der Waals surface area contributed by atoms with E-state index in [2.05, 4.69) is 15.0 Å². The van der Waals surface area contributed by atoms with Crippen molar-refractivity contribution in [3.8, 4) is 0 Å². The molecule has 0 aliphatic carbocycles. The van der Waals surface area contributed by atoms with E-state index in [0.29, 0.717) is 16.8 Å². The number of aromatic nitrogens is 1. The predicted molar refractivity (Wildman–Crippen MR) is 108 cm³/mol. The normalized spacial score (nSPS) is 12.6. The van der Waals surface area contributed by atoms with Crippen molar-refractivity contribution in [1.29, 1.82) is 0 Å². The molecule has 0 aliphatic heterocycles. The molecule has 1 unspecified atom stereocenters. The zero-order chi connectivity index (χ0) is 20.1. The molecule has 1 amide bonds. The van der Waals surface area contributed by atoms with Crippen molar-refractivity contribution in [2.24, 2.45) is 0 Å². The van der Waals surface area contributed by atoms with Crippen molar-refractivity contribution in [1.82, 2.24) is 9.71 Å². The number of hydrogen-bond donors (Lipinski definition) is 2. The van der Waals surface area contributed by atoms with Gasteiger partial charge in [0.2, 0.25) is 10.0 Å². The second-order valence-electron chi connectivity index (χ2n) is 6.34. The molecule has 146 valence electrons. The number of hydrogen-bond acceptors (Lipinski definition) is 5. The first-order chi connectivity index (χ1) is 13.4. The third kappa shape index (κ3) is 4.53. The Labute approximate surface area is 163 Å². The summed E-state index contributed by atoms with van der Waals surface area (Å²) in [7, 11) is -2.15. The first-order valence-corrected chi connectivity index (χ1v) is 10.2. The fraction of sp³-hybridized carbons (Fsp3) is 0.200. The van der Waals surface area contributed by atoms with Crippen LogP contribution in [0.2, 0.25) is 0 Å². The lowest BCUT2D eigenvalue weighted by Gasteiger charge is -2.13. The summed E-state index contributed by atoms with van der Waals surface area (Å²) in [5.74, 6) is -0.313. The molecule has 7 nitrogen and oxygen atoms in total. The van der Waals surface area contributed by atoms with Crippen LogP contribution < -0.4 is 10.0 Å². The zero-order valence-electron chi connectivity index (χ0n) is 15.5. The number of nitrogens with one attached hydrogen (secondary N) is 2. The first-order valence-electron chi connectivity index (χ1n) is 8.67. The maximum absolute atomic E-state index is 12.6. The van der Waals surface area contributed by atoms with E-state index in [4.69, 9.17) is 4.74 Å². The van der Waals surface area contributed by atoms with E-state index in [1.54, 1.807) is 37.4 Å². The number of pyridine rings is 1. The summed E-state index contributed by atoms with van der Waals surface area (Å²) in [5.41, 5.74) is 1.55. The lowest BCUT2D eigenvalue weighted by atomic mass is 10.1. The number of sulfonamides is 1. The van der Waals surface area contributed by atoms with E-state index in [1.807, 2.05) is 18.2 Å². The number of ether oxygens (including phenoxy) is 1. The van der Waals surface area contributed by atoms with Gasteiger partial charge in [-0.1, -0.05) is 18.2 Å². The Balaban J connectivity index is 1.76. The highest BCUT2D eigenvalue weighted by Gasteiger charge is 2.17. The molecule has 2 N–H and O–H groups in total. The maximum atomic E-state index is 12.6. The Morgan fingerprint density at radius 3 is 2.54 bits per heavy atom. The summed E-state index contributed by atoms with van der Waals surface area (Å²) in [6.45, 7) is 1.99. The molecule has 1 aromatic heterocycles. The number of carbonyl (C=O) groups is 1. The Morgan fingerprint density at radius 2 is 1.82 bits per heavy atom. The van der Waals surface area contributed by atoms with Crippen LogP contribution in [0.5, 0.6) is 0 Å². The Hall–Kier alpha value is -2.81. The molecule has 1 heterocycles. The van der Waals surface area contributed by atoms with Crippen LogP contribution in [0.25, 0.3) is 10.9 Å². The lowest BCUT2D eigenvalue weighted by molar-refractivity contribution is 0.102. The monoisotopic (exact) mass is 399 g/mol. The summed E-state index contributed by atoms with van der Waals surface area (Å²) in [6, 6.07) is 14.7. The van der Waals surface area contributed by atoms with Crippen molar-refractivity contribution in [3.63, 3.8) is 0 Å². The van der Waals surface area contributed by atoms with Crippen LogP contribution in [0.1, 0.15) is 17.3 Å². The first kappa shape index (κ1) is 19.9. The fourth-order valence-electron chi connectivity index (χ4n) is 2.82. The minimum Gasteiger partial charge on any atom is -0.383 e. The minimum atomic E-state index is -3.66. The van der Waals surface area contributed by atoms with Crippen LogP contribution in [0, 0.1) is 0 Å². The number of amides is 1. The van der Waals surface area contributed by atoms with Crippen LogP contribution in [0.4, 0.5) is 5.69 Å². The van der Waals surface area contributed by atoms with E-state index in [1.165, 1.54) is 19.2 Å². The van der Waals surface area contributed by atoms with Crippen molar-refractivity contribution in [3.05, 3.63) is 66.4 Å². The van der Waals surface area contributed by atoms with Gasteiger partial charge in [-0.05, 0) is 43.3 Å². The summed E-state index contributed by atoms with van der Waals surface area (Å²) in [4.78, 5) is 17.0. The molecular weight excluding hydrogens is 378 g/mol. The van der Waals surface area contributed by atoms with E-state index in [-0.39, 0.29) is 23.5 Å². The van der Waals surface area contributed by atoms with Crippen LogP contribution in [-0.4, -0.2) is 39.1 Å². The highest BCUT2D eigenvalue weighted by molar-refractivity contribution is 7.89. The molecule has 0 fully saturated rings. The third-order valence-electron chi connectivity index (χ3n) is 4.07. The van der Waals surface area contributed by atoms with E-state index in [9.17, 15) is 13.2 Å². The summed E-state index contributed by atoms with van der Waals surface area (Å²) < 4.78 is 32.2. The molecule has 0 saturated carbocycles.